The largest absolute Gasteiger partial charge is 0.446 e. The van der Waals surface area contributed by atoms with Crippen molar-refractivity contribution >= 4 is 40.7 Å². The fraction of sp³-hybridized carbons (Fsp3) is 0.750. The summed E-state index contributed by atoms with van der Waals surface area (Å²) in [5.74, 6) is 4.88. The van der Waals surface area contributed by atoms with E-state index in [9.17, 15) is 4.79 Å². The van der Waals surface area contributed by atoms with Crippen molar-refractivity contribution in [3.63, 3.8) is 0 Å². The molecule has 2 N–H and O–H groups in total. The first-order valence-electron chi connectivity index (χ1n) is 3.10. The number of hydrazine groups is 1. The zero-order valence-electron chi connectivity index (χ0n) is 6.64. The third-order valence-corrected chi connectivity index (χ3v) is 1.81. The summed E-state index contributed by atoms with van der Waals surface area (Å²) < 4.78 is 4.68. The molecule has 1 amide bonds. The van der Waals surface area contributed by atoms with Gasteiger partial charge in [-0.25, -0.2) is 16.4 Å². The molecule has 0 rings (SSSR count). The van der Waals surface area contributed by atoms with Crippen LogP contribution in [0.25, 0.3) is 0 Å². The maximum Gasteiger partial charge on any atom is 0.410 e. The molecule has 8 heteroatoms. The second-order valence-electron chi connectivity index (χ2n) is 2.10. The normalized spacial score (nSPS) is 14.8. The van der Waals surface area contributed by atoms with Gasteiger partial charge in [0, 0.05) is 0 Å². The lowest BCUT2D eigenvalue weighted by molar-refractivity contribution is 0.0955. The van der Waals surface area contributed by atoms with Crippen LogP contribution >= 0.6 is 11.6 Å². The standard InChI is InChI=1S/C4H7B3N2O2S/c1-2(3(5)12-7)11-4(10)9(6)8/h2-3H,8H2,1H3. The average molecular weight is 180 g/mol. The van der Waals surface area contributed by atoms with Crippen molar-refractivity contribution in [1.82, 2.24) is 4.92 Å². The lowest BCUT2D eigenvalue weighted by Gasteiger charge is -2.21. The number of carbonyl (C=O) groups is 1. The van der Waals surface area contributed by atoms with Gasteiger partial charge in [0.25, 0.3) is 7.98 Å². The molecule has 2 atom stereocenters. The average Bonchev–Trinajstić information content (AvgIpc) is 2.02. The summed E-state index contributed by atoms with van der Waals surface area (Å²) in [4.78, 5) is 11.1. The maximum absolute atomic E-state index is 10.7. The van der Waals surface area contributed by atoms with E-state index in [1.54, 1.807) is 6.92 Å². The molecule has 12 heavy (non-hydrogen) atoms. The SMILES string of the molecule is [B]SC([B])C(C)OC(=O)N([B])N. The number of nitrogens with zero attached hydrogens (tertiary/aromatic N) is 1. The summed E-state index contributed by atoms with van der Waals surface area (Å²) in [6, 6.07) is 0. The Morgan fingerprint density at radius 1 is 1.75 bits per heavy atom. The molecule has 0 saturated heterocycles. The predicted octanol–water partition coefficient (Wildman–Crippen LogP) is -0.918. The molecule has 0 aromatic carbocycles. The van der Waals surface area contributed by atoms with Gasteiger partial charge in [-0.1, -0.05) is 0 Å². The van der Waals surface area contributed by atoms with Crippen LogP contribution in [0.5, 0.6) is 0 Å². The Morgan fingerprint density at radius 2 is 2.25 bits per heavy atom. The van der Waals surface area contributed by atoms with Crippen molar-refractivity contribution in [1.29, 1.82) is 0 Å². The van der Waals surface area contributed by atoms with E-state index in [-0.39, 0.29) is 0 Å². The van der Waals surface area contributed by atoms with Crippen LogP contribution in [-0.2, 0) is 4.74 Å². The van der Waals surface area contributed by atoms with Gasteiger partial charge in [0.15, 0.2) is 7.12 Å². The van der Waals surface area contributed by atoms with Crippen LogP contribution in [0.2, 0.25) is 0 Å². The van der Waals surface area contributed by atoms with E-state index in [2.05, 4.69) is 4.74 Å². The fourth-order valence-electron chi connectivity index (χ4n) is 0.398. The molecule has 6 radical (unpaired) electrons. The lowest BCUT2D eigenvalue weighted by atomic mass is 9.99. The molecule has 0 bridgehead atoms. The van der Waals surface area contributed by atoms with Crippen LogP contribution < -0.4 is 5.84 Å². The summed E-state index contributed by atoms with van der Waals surface area (Å²) in [6.45, 7) is 1.59. The Hall–Kier alpha value is -0.225. The van der Waals surface area contributed by atoms with Crippen LogP contribution in [0.3, 0.4) is 0 Å². The Labute approximate surface area is 79.7 Å². The third kappa shape index (κ3) is 3.97. The van der Waals surface area contributed by atoms with Crippen LogP contribution in [0, 0.1) is 0 Å². The molecule has 0 saturated carbocycles. The van der Waals surface area contributed by atoms with Crippen molar-refractivity contribution in [2.24, 2.45) is 5.84 Å². The van der Waals surface area contributed by atoms with Crippen LogP contribution in [0.15, 0.2) is 0 Å². The number of carbonyl (C=O) groups excluding carboxylic acids is 1. The highest BCUT2D eigenvalue weighted by molar-refractivity contribution is 8.20. The van der Waals surface area contributed by atoms with E-state index in [1.807, 2.05) is 0 Å². The third-order valence-electron chi connectivity index (χ3n) is 1.12. The molecule has 60 valence electrons. The number of amides is 1. The number of rotatable bonds is 3. The zero-order valence-corrected chi connectivity index (χ0v) is 7.45. The molecule has 0 aliphatic heterocycles. The van der Waals surface area contributed by atoms with E-state index >= 15 is 0 Å². The van der Waals surface area contributed by atoms with Crippen molar-refractivity contribution in [3.8, 4) is 0 Å². The molecule has 0 aliphatic rings. The molecule has 0 aliphatic carbocycles. The van der Waals surface area contributed by atoms with E-state index in [4.69, 9.17) is 28.8 Å². The van der Waals surface area contributed by atoms with E-state index < -0.39 is 17.3 Å². The van der Waals surface area contributed by atoms with Crippen molar-refractivity contribution in [2.45, 2.75) is 18.2 Å². The van der Waals surface area contributed by atoms with Crippen LogP contribution in [-0.4, -0.2) is 45.2 Å². The van der Waals surface area contributed by atoms with Gasteiger partial charge in [-0.15, -0.1) is 0 Å². The van der Waals surface area contributed by atoms with Gasteiger partial charge in [0.1, 0.15) is 6.10 Å². The van der Waals surface area contributed by atoms with Gasteiger partial charge in [-0.2, -0.15) is 0 Å². The first kappa shape index (κ1) is 11.8. The van der Waals surface area contributed by atoms with Crippen molar-refractivity contribution in [2.75, 3.05) is 0 Å². The maximum atomic E-state index is 10.7. The quantitative estimate of drug-likeness (QED) is 0.264. The molecule has 0 aromatic rings. The molecular formula is C4H7B3N2O2S. The van der Waals surface area contributed by atoms with Gasteiger partial charge < -0.3 is 9.66 Å². The van der Waals surface area contributed by atoms with E-state index in [0.29, 0.717) is 4.92 Å². The smallest absolute Gasteiger partial charge is 0.410 e. The van der Waals surface area contributed by atoms with Crippen LogP contribution in [0.4, 0.5) is 4.79 Å². The summed E-state index contributed by atoms with van der Waals surface area (Å²) in [5, 5.41) is -0.492. The predicted molar refractivity (Wildman–Crippen MR) is 50.6 cm³/mol. The molecule has 0 aromatic heterocycles. The van der Waals surface area contributed by atoms with Gasteiger partial charge in [-0.3, -0.25) is 5.84 Å². The Kier molecular flexibility index (Phi) is 5.32. The summed E-state index contributed by atoms with van der Waals surface area (Å²) in [6.07, 6.45) is -1.39. The first-order valence-corrected chi connectivity index (χ1v) is 4.04. The Bertz CT molecular complexity index is 159. The fourth-order valence-corrected chi connectivity index (χ4v) is 0.674. The van der Waals surface area contributed by atoms with Gasteiger partial charge in [0.2, 0.25) is 0 Å². The Balaban J connectivity index is 3.83. The topological polar surface area (TPSA) is 55.6 Å². The van der Waals surface area contributed by atoms with E-state index in [0.717, 1.165) is 11.6 Å². The van der Waals surface area contributed by atoms with Crippen LogP contribution in [0.1, 0.15) is 6.92 Å². The summed E-state index contributed by atoms with van der Waals surface area (Å²) in [7, 11) is 15.5. The van der Waals surface area contributed by atoms with Gasteiger partial charge in [0.05, 0.1) is 7.85 Å². The summed E-state index contributed by atoms with van der Waals surface area (Å²) >= 11 is 0.887. The lowest BCUT2D eigenvalue weighted by Crippen LogP contribution is -2.39. The van der Waals surface area contributed by atoms with Gasteiger partial charge >= 0.3 is 6.09 Å². The minimum Gasteiger partial charge on any atom is -0.446 e. The highest BCUT2D eigenvalue weighted by Gasteiger charge is 2.15. The molecule has 4 nitrogen and oxygen atoms in total. The number of hydrogen-bond acceptors (Lipinski definition) is 4. The highest BCUT2D eigenvalue weighted by atomic mass is 32.2. The van der Waals surface area contributed by atoms with Crippen molar-refractivity contribution in [3.05, 3.63) is 0 Å². The number of ether oxygens (including phenoxy) is 1. The van der Waals surface area contributed by atoms with Gasteiger partial charge in [-0.05, 0) is 12.1 Å². The molecule has 0 spiro atoms. The highest BCUT2D eigenvalue weighted by Crippen LogP contribution is 2.09. The monoisotopic (exact) mass is 180 g/mol. The molecule has 0 heterocycles. The molecule has 2 unspecified atom stereocenters. The Morgan fingerprint density at radius 3 is 2.58 bits per heavy atom. The number of nitrogens with two attached hydrogens (primary N) is 1. The van der Waals surface area contributed by atoms with Crippen molar-refractivity contribution < 1.29 is 9.53 Å². The zero-order chi connectivity index (χ0) is 9.72. The first-order chi connectivity index (χ1) is 5.49. The second-order valence-corrected chi connectivity index (χ2v) is 2.91. The minimum absolute atomic E-state index is 0.338. The minimum atomic E-state index is -0.855. The van der Waals surface area contributed by atoms with E-state index in [1.165, 1.54) is 0 Å². The molecule has 0 fully saturated rings. The number of hydrogen-bond donors (Lipinski definition) is 1. The summed E-state index contributed by atoms with van der Waals surface area (Å²) in [5.41, 5.74) is 0. The second kappa shape index (κ2) is 5.43. The molecular weight excluding hydrogens is 173 g/mol.